The molecule has 0 saturated heterocycles. The van der Waals surface area contributed by atoms with Crippen molar-refractivity contribution in [1.29, 1.82) is 0 Å². The number of pyridine rings is 1. The lowest BCUT2D eigenvalue weighted by Gasteiger charge is -2.11. The molecule has 0 spiro atoms. The van der Waals surface area contributed by atoms with Crippen LogP contribution in [-0.2, 0) is 13.5 Å². The zero-order valence-electron chi connectivity index (χ0n) is 12.3. The molecule has 3 N–H and O–H groups in total. The largest absolute Gasteiger partial charge is 0.398 e. The van der Waals surface area contributed by atoms with Gasteiger partial charge in [0.25, 0.3) is 0 Å². The van der Waals surface area contributed by atoms with Gasteiger partial charge in [-0.05, 0) is 31.2 Å². The van der Waals surface area contributed by atoms with Gasteiger partial charge in [-0.2, -0.15) is 5.10 Å². The fourth-order valence-electron chi connectivity index (χ4n) is 2.44. The van der Waals surface area contributed by atoms with Crippen LogP contribution in [0.2, 0.25) is 0 Å². The first-order valence-corrected chi connectivity index (χ1v) is 7.01. The number of anilines is 2. The lowest BCUT2D eigenvalue weighted by Crippen LogP contribution is -2.06. The minimum Gasteiger partial charge on any atom is -0.398 e. The van der Waals surface area contributed by atoms with Crippen LogP contribution in [-0.4, -0.2) is 21.3 Å². The van der Waals surface area contributed by atoms with Crippen molar-refractivity contribution in [2.24, 2.45) is 7.05 Å². The maximum atomic E-state index is 6.02. The number of nitrogens with two attached hydrogens (primary N) is 1. The third-order valence-electron chi connectivity index (χ3n) is 3.54. The molecule has 0 radical (unpaired) electrons. The van der Waals surface area contributed by atoms with Gasteiger partial charge in [-0.25, -0.2) is 0 Å². The number of aromatic nitrogens is 3. The number of nitrogens with one attached hydrogen (secondary N) is 1. The second kappa shape index (κ2) is 5.44. The summed E-state index contributed by atoms with van der Waals surface area (Å²) in [4.78, 5) is 4.32. The normalized spacial score (nSPS) is 11.0. The fourth-order valence-corrected chi connectivity index (χ4v) is 2.44. The van der Waals surface area contributed by atoms with E-state index in [9.17, 15) is 0 Å². The van der Waals surface area contributed by atoms with E-state index >= 15 is 0 Å². The quantitative estimate of drug-likeness (QED) is 0.721. The Bertz CT molecular complexity index is 775. The lowest BCUT2D eigenvalue weighted by molar-refractivity contribution is 0.742. The average Bonchev–Trinajstić information content (AvgIpc) is 2.87. The van der Waals surface area contributed by atoms with E-state index in [4.69, 9.17) is 5.73 Å². The molecule has 0 aliphatic heterocycles. The number of fused-ring (bicyclic) bond motifs is 1. The molecule has 0 amide bonds. The number of aryl methyl sites for hydroxylation is 2. The molecule has 2 aromatic heterocycles. The summed E-state index contributed by atoms with van der Waals surface area (Å²) in [7, 11) is 1.93. The van der Waals surface area contributed by atoms with Gasteiger partial charge in [-0.15, -0.1) is 0 Å². The number of hydrogen-bond donors (Lipinski definition) is 2. The van der Waals surface area contributed by atoms with Gasteiger partial charge in [0.15, 0.2) is 0 Å². The highest BCUT2D eigenvalue weighted by Gasteiger charge is 2.05. The van der Waals surface area contributed by atoms with Crippen molar-refractivity contribution < 1.29 is 0 Å². The Balaban J connectivity index is 1.80. The summed E-state index contributed by atoms with van der Waals surface area (Å²) in [5, 5.41) is 9.95. The molecule has 0 aliphatic rings. The summed E-state index contributed by atoms with van der Waals surface area (Å²) in [5.41, 5.74) is 9.93. The Kier molecular flexibility index (Phi) is 3.48. The lowest BCUT2D eigenvalue weighted by atomic mass is 10.1. The molecule has 21 heavy (non-hydrogen) atoms. The van der Waals surface area contributed by atoms with E-state index in [0.717, 1.165) is 46.5 Å². The van der Waals surface area contributed by atoms with Crippen molar-refractivity contribution in [1.82, 2.24) is 14.8 Å². The molecule has 0 unspecified atom stereocenters. The highest BCUT2D eigenvalue weighted by molar-refractivity contribution is 6.00. The summed E-state index contributed by atoms with van der Waals surface area (Å²) < 4.78 is 1.82. The summed E-state index contributed by atoms with van der Waals surface area (Å²) in [6.07, 6.45) is 4.68. The summed E-state index contributed by atoms with van der Waals surface area (Å²) >= 11 is 0. The van der Waals surface area contributed by atoms with Crippen molar-refractivity contribution >= 4 is 22.1 Å². The van der Waals surface area contributed by atoms with Crippen LogP contribution in [0.5, 0.6) is 0 Å². The highest BCUT2D eigenvalue weighted by Crippen LogP contribution is 2.28. The van der Waals surface area contributed by atoms with E-state index < -0.39 is 0 Å². The van der Waals surface area contributed by atoms with Crippen LogP contribution in [0.1, 0.15) is 11.4 Å². The second-order valence-corrected chi connectivity index (χ2v) is 5.23. The molecule has 0 fully saturated rings. The zero-order valence-corrected chi connectivity index (χ0v) is 12.3. The number of benzene rings is 1. The van der Waals surface area contributed by atoms with Crippen LogP contribution in [0.3, 0.4) is 0 Å². The molecule has 0 atom stereocenters. The van der Waals surface area contributed by atoms with Crippen LogP contribution in [0.15, 0.2) is 36.7 Å². The van der Waals surface area contributed by atoms with Gasteiger partial charge in [0.05, 0.1) is 5.69 Å². The maximum absolute atomic E-state index is 6.02. The van der Waals surface area contributed by atoms with Crippen molar-refractivity contribution in [2.45, 2.75) is 13.3 Å². The molecule has 0 bridgehead atoms. The SMILES string of the molecule is Cc1cc2c(NCCc3ccn(C)n3)ccc(N)c2cn1. The molecular weight excluding hydrogens is 262 g/mol. The third kappa shape index (κ3) is 2.81. The van der Waals surface area contributed by atoms with Crippen molar-refractivity contribution in [2.75, 3.05) is 17.6 Å². The first kappa shape index (κ1) is 13.4. The van der Waals surface area contributed by atoms with Gasteiger partial charge >= 0.3 is 0 Å². The molecule has 5 nitrogen and oxygen atoms in total. The maximum Gasteiger partial charge on any atom is 0.0642 e. The van der Waals surface area contributed by atoms with Crippen molar-refractivity contribution in [3.63, 3.8) is 0 Å². The predicted octanol–water partition coefficient (Wildman–Crippen LogP) is 2.51. The first-order chi connectivity index (χ1) is 10.1. The zero-order chi connectivity index (χ0) is 14.8. The predicted molar refractivity (Wildman–Crippen MR) is 86.3 cm³/mol. The van der Waals surface area contributed by atoms with Gasteiger partial charge in [-0.3, -0.25) is 9.67 Å². The standard InChI is InChI=1S/C16H19N5/c1-11-9-13-14(10-19-11)15(17)3-4-16(13)18-7-5-12-6-8-21(2)20-12/h3-4,6,8-10,18H,5,7,17H2,1-2H3. The smallest absolute Gasteiger partial charge is 0.0642 e. The average molecular weight is 281 g/mol. The second-order valence-electron chi connectivity index (χ2n) is 5.23. The molecule has 5 heteroatoms. The number of hydrogen-bond acceptors (Lipinski definition) is 4. The minimum atomic E-state index is 0.757. The van der Waals surface area contributed by atoms with Crippen LogP contribution < -0.4 is 11.1 Å². The van der Waals surface area contributed by atoms with Crippen LogP contribution in [0.25, 0.3) is 10.8 Å². The van der Waals surface area contributed by atoms with Gasteiger partial charge in [0.2, 0.25) is 0 Å². The summed E-state index contributed by atoms with van der Waals surface area (Å²) in [5.74, 6) is 0. The van der Waals surface area contributed by atoms with E-state index in [1.54, 1.807) is 0 Å². The van der Waals surface area contributed by atoms with Crippen LogP contribution >= 0.6 is 0 Å². The Morgan fingerprint density at radius 1 is 1.24 bits per heavy atom. The van der Waals surface area contributed by atoms with E-state index in [2.05, 4.69) is 21.5 Å². The Labute approximate surface area is 123 Å². The van der Waals surface area contributed by atoms with Gasteiger partial charge in [0.1, 0.15) is 0 Å². The topological polar surface area (TPSA) is 68.8 Å². The molecule has 2 heterocycles. The Hall–Kier alpha value is -2.56. The van der Waals surface area contributed by atoms with Crippen molar-refractivity contribution in [3.05, 3.63) is 48.0 Å². The summed E-state index contributed by atoms with van der Waals surface area (Å²) in [6, 6.07) is 8.05. The molecule has 3 aromatic rings. The number of nitrogens with zero attached hydrogens (tertiary/aromatic N) is 3. The van der Waals surface area contributed by atoms with E-state index in [0.29, 0.717) is 0 Å². The van der Waals surface area contributed by atoms with Crippen LogP contribution in [0, 0.1) is 6.92 Å². The van der Waals surface area contributed by atoms with E-state index in [1.165, 1.54) is 0 Å². The van der Waals surface area contributed by atoms with Gasteiger partial charge < -0.3 is 11.1 Å². The minimum absolute atomic E-state index is 0.757. The number of rotatable bonds is 4. The molecule has 3 rings (SSSR count). The Morgan fingerprint density at radius 3 is 2.86 bits per heavy atom. The highest BCUT2D eigenvalue weighted by atomic mass is 15.2. The molecule has 0 saturated carbocycles. The van der Waals surface area contributed by atoms with Crippen LogP contribution in [0.4, 0.5) is 11.4 Å². The molecular formula is C16H19N5. The third-order valence-corrected chi connectivity index (χ3v) is 3.54. The van der Waals surface area contributed by atoms with E-state index in [1.807, 2.05) is 49.2 Å². The number of nitrogen functional groups attached to an aromatic ring is 1. The molecule has 108 valence electrons. The first-order valence-electron chi connectivity index (χ1n) is 7.01. The van der Waals surface area contributed by atoms with Crippen molar-refractivity contribution in [3.8, 4) is 0 Å². The molecule has 0 aliphatic carbocycles. The monoisotopic (exact) mass is 281 g/mol. The fraction of sp³-hybridized carbons (Fsp3) is 0.250. The Morgan fingerprint density at radius 2 is 2.10 bits per heavy atom. The summed E-state index contributed by atoms with van der Waals surface area (Å²) in [6.45, 7) is 2.82. The van der Waals surface area contributed by atoms with Gasteiger partial charge in [-0.1, -0.05) is 0 Å². The van der Waals surface area contributed by atoms with Gasteiger partial charge in [0, 0.05) is 60.2 Å². The van der Waals surface area contributed by atoms with E-state index in [-0.39, 0.29) is 0 Å². The molecule has 1 aromatic carbocycles.